The molecule has 9 heteroatoms. The van der Waals surface area contributed by atoms with Gasteiger partial charge in [-0.25, -0.2) is 9.69 Å². The van der Waals surface area contributed by atoms with Gasteiger partial charge in [-0.15, -0.1) is 0 Å². The van der Waals surface area contributed by atoms with E-state index in [2.05, 4.69) is 9.88 Å². The van der Waals surface area contributed by atoms with Gasteiger partial charge in [0, 0.05) is 44.0 Å². The number of aromatic nitrogens is 1. The van der Waals surface area contributed by atoms with Crippen LogP contribution in [0.15, 0.2) is 79.0 Å². The van der Waals surface area contributed by atoms with Gasteiger partial charge in [0.1, 0.15) is 29.6 Å². The van der Waals surface area contributed by atoms with Gasteiger partial charge in [0.15, 0.2) is 0 Å². The Hall–Kier alpha value is -4.60. The highest BCUT2D eigenvalue weighted by atomic mass is 16.6. The van der Waals surface area contributed by atoms with E-state index in [1.54, 1.807) is 44.7 Å². The Morgan fingerprint density at radius 2 is 1.68 bits per heavy atom. The van der Waals surface area contributed by atoms with Crippen LogP contribution >= 0.6 is 0 Å². The number of hydrogen-bond acceptors (Lipinski definition) is 8. The van der Waals surface area contributed by atoms with E-state index in [9.17, 15) is 4.79 Å². The number of morpholine rings is 1. The van der Waals surface area contributed by atoms with Crippen LogP contribution in [0.5, 0.6) is 23.0 Å². The Kier molecular flexibility index (Phi) is 10.3. The van der Waals surface area contributed by atoms with Crippen LogP contribution in [0.2, 0.25) is 0 Å². The number of pyridine rings is 1. The standard InChI is InChI=1S/C35H39N3O6/c1-25-7-5-8-26(2)34(25)44-35(39)38(32-12-11-30(40-3)24-33(32)41-4)29-13-14-36-28(23-29)21-27-9-6-10-31(22-27)43-20-17-37-15-18-42-19-16-37/h5-14,22-24H,15-21H2,1-4H3. The number of ether oxygens (including phenoxy) is 5. The molecule has 44 heavy (non-hydrogen) atoms. The summed E-state index contributed by atoms with van der Waals surface area (Å²) in [4.78, 5) is 22.4. The number of amides is 1. The average Bonchev–Trinajstić information content (AvgIpc) is 3.04. The van der Waals surface area contributed by atoms with E-state index in [1.165, 1.54) is 4.90 Å². The van der Waals surface area contributed by atoms with Crippen LogP contribution < -0.4 is 23.8 Å². The highest BCUT2D eigenvalue weighted by Gasteiger charge is 2.26. The minimum Gasteiger partial charge on any atom is -0.497 e. The Bertz CT molecular complexity index is 1550. The topological polar surface area (TPSA) is 82.6 Å². The fraction of sp³-hybridized carbons (Fsp3) is 0.314. The second-order valence-corrected chi connectivity index (χ2v) is 10.6. The molecule has 3 aromatic carbocycles. The summed E-state index contributed by atoms with van der Waals surface area (Å²) in [7, 11) is 3.14. The highest BCUT2D eigenvalue weighted by Crippen LogP contribution is 2.38. The second kappa shape index (κ2) is 14.7. The quantitative estimate of drug-likeness (QED) is 0.198. The van der Waals surface area contributed by atoms with Crippen LogP contribution in [-0.4, -0.2) is 69.7 Å². The van der Waals surface area contributed by atoms with E-state index in [4.69, 9.17) is 23.7 Å². The second-order valence-electron chi connectivity index (χ2n) is 10.6. The zero-order valence-corrected chi connectivity index (χ0v) is 25.7. The molecule has 9 nitrogen and oxygen atoms in total. The van der Waals surface area contributed by atoms with E-state index in [0.717, 1.165) is 61.0 Å². The van der Waals surface area contributed by atoms with Crippen molar-refractivity contribution in [2.24, 2.45) is 0 Å². The van der Waals surface area contributed by atoms with Crippen molar-refractivity contribution < 1.29 is 28.5 Å². The van der Waals surface area contributed by atoms with Gasteiger partial charge in [-0.05, 0) is 66.9 Å². The molecule has 0 saturated carbocycles. The van der Waals surface area contributed by atoms with E-state index >= 15 is 0 Å². The Labute approximate surface area is 258 Å². The maximum absolute atomic E-state index is 13.9. The number of rotatable bonds is 11. The number of hydrogen-bond donors (Lipinski definition) is 0. The van der Waals surface area contributed by atoms with Gasteiger partial charge in [0.25, 0.3) is 0 Å². The average molecular weight is 598 g/mol. The smallest absolute Gasteiger partial charge is 0.424 e. The molecule has 0 atom stereocenters. The number of carbonyl (C=O) groups is 1. The molecule has 0 unspecified atom stereocenters. The Morgan fingerprint density at radius 1 is 0.909 bits per heavy atom. The zero-order chi connectivity index (χ0) is 30.9. The zero-order valence-electron chi connectivity index (χ0n) is 25.7. The third kappa shape index (κ3) is 7.67. The molecule has 0 N–H and O–H groups in total. The van der Waals surface area contributed by atoms with E-state index < -0.39 is 6.09 Å². The van der Waals surface area contributed by atoms with Gasteiger partial charge >= 0.3 is 6.09 Å². The van der Waals surface area contributed by atoms with Crippen molar-refractivity contribution in [1.82, 2.24) is 9.88 Å². The lowest BCUT2D eigenvalue weighted by atomic mass is 10.1. The first-order chi connectivity index (χ1) is 21.4. The molecule has 1 saturated heterocycles. The third-order valence-electron chi connectivity index (χ3n) is 7.53. The number of benzene rings is 3. The first-order valence-electron chi connectivity index (χ1n) is 14.7. The Balaban J connectivity index is 1.39. The maximum atomic E-state index is 13.9. The fourth-order valence-corrected chi connectivity index (χ4v) is 5.18. The summed E-state index contributed by atoms with van der Waals surface area (Å²) >= 11 is 0. The third-order valence-corrected chi connectivity index (χ3v) is 7.53. The summed E-state index contributed by atoms with van der Waals surface area (Å²) in [5, 5.41) is 0. The lowest BCUT2D eigenvalue weighted by Gasteiger charge is -2.26. The molecule has 1 aromatic heterocycles. The fourth-order valence-electron chi connectivity index (χ4n) is 5.18. The van der Waals surface area contributed by atoms with E-state index in [0.29, 0.717) is 41.7 Å². The molecule has 230 valence electrons. The molecule has 1 aliphatic heterocycles. The van der Waals surface area contributed by atoms with Crippen LogP contribution in [-0.2, 0) is 11.2 Å². The van der Waals surface area contributed by atoms with Crippen molar-refractivity contribution in [3.63, 3.8) is 0 Å². The molecule has 5 rings (SSSR count). The molecule has 1 aliphatic rings. The minimum absolute atomic E-state index is 0.461. The lowest BCUT2D eigenvalue weighted by Crippen LogP contribution is -2.38. The van der Waals surface area contributed by atoms with Crippen LogP contribution in [0.4, 0.5) is 16.2 Å². The summed E-state index contributed by atoms with van der Waals surface area (Å²) in [5.74, 6) is 2.41. The van der Waals surface area contributed by atoms with Crippen LogP contribution in [0.1, 0.15) is 22.4 Å². The molecule has 0 spiro atoms. The normalized spacial score (nSPS) is 13.3. The molecule has 2 heterocycles. The van der Waals surface area contributed by atoms with Crippen molar-refractivity contribution in [1.29, 1.82) is 0 Å². The maximum Gasteiger partial charge on any atom is 0.424 e. The summed E-state index contributed by atoms with van der Waals surface area (Å²) in [5.41, 5.74) is 4.66. The van der Waals surface area contributed by atoms with Crippen molar-refractivity contribution in [2.75, 3.05) is 58.6 Å². The van der Waals surface area contributed by atoms with E-state index in [-0.39, 0.29) is 0 Å². The van der Waals surface area contributed by atoms with Gasteiger partial charge in [0.05, 0.1) is 38.8 Å². The first kappa shape index (κ1) is 30.8. The van der Waals surface area contributed by atoms with Crippen molar-refractivity contribution in [3.05, 3.63) is 101 Å². The van der Waals surface area contributed by atoms with Crippen LogP contribution in [0.25, 0.3) is 0 Å². The van der Waals surface area contributed by atoms with Gasteiger partial charge in [-0.1, -0.05) is 30.3 Å². The molecule has 0 radical (unpaired) electrons. The SMILES string of the molecule is COc1ccc(N(C(=O)Oc2c(C)cccc2C)c2ccnc(Cc3cccc(OCCN4CCOCC4)c3)c2)c(OC)c1. The molecule has 1 amide bonds. The van der Waals surface area contributed by atoms with Crippen molar-refractivity contribution in [2.45, 2.75) is 20.3 Å². The molecule has 4 aromatic rings. The monoisotopic (exact) mass is 597 g/mol. The number of anilines is 2. The predicted molar refractivity (Wildman–Crippen MR) is 170 cm³/mol. The van der Waals surface area contributed by atoms with E-state index in [1.807, 2.05) is 62.4 Å². The number of nitrogens with zero attached hydrogens (tertiary/aromatic N) is 3. The van der Waals surface area contributed by atoms with Crippen molar-refractivity contribution in [3.8, 4) is 23.0 Å². The number of para-hydroxylation sites is 1. The lowest BCUT2D eigenvalue weighted by molar-refractivity contribution is 0.0322. The summed E-state index contributed by atoms with van der Waals surface area (Å²) in [6.07, 6.45) is 1.68. The number of methoxy groups -OCH3 is 2. The molecular weight excluding hydrogens is 558 g/mol. The Morgan fingerprint density at radius 3 is 2.43 bits per heavy atom. The van der Waals surface area contributed by atoms with Gasteiger partial charge in [-0.2, -0.15) is 0 Å². The summed E-state index contributed by atoms with van der Waals surface area (Å²) in [6.45, 7) is 8.71. The van der Waals surface area contributed by atoms with Gasteiger partial charge in [-0.3, -0.25) is 9.88 Å². The number of carbonyl (C=O) groups excluding carboxylic acids is 1. The summed E-state index contributed by atoms with van der Waals surface area (Å²) < 4.78 is 28.6. The van der Waals surface area contributed by atoms with Crippen LogP contribution in [0.3, 0.4) is 0 Å². The molecule has 1 fully saturated rings. The van der Waals surface area contributed by atoms with Crippen LogP contribution in [0, 0.1) is 13.8 Å². The molecule has 0 bridgehead atoms. The summed E-state index contributed by atoms with van der Waals surface area (Å²) in [6, 6.07) is 22.8. The largest absolute Gasteiger partial charge is 0.497 e. The first-order valence-corrected chi connectivity index (χ1v) is 14.7. The van der Waals surface area contributed by atoms with Gasteiger partial charge < -0.3 is 23.7 Å². The van der Waals surface area contributed by atoms with Gasteiger partial charge in [0.2, 0.25) is 0 Å². The molecule has 0 aliphatic carbocycles. The molecular formula is C35H39N3O6. The number of aryl methyl sites for hydroxylation is 2. The highest BCUT2D eigenvalue weighted by molar-refractivity contribution is 5.99. The predicted octanol–water partition coefficient (Wildman–Crippen LogP) is 6.35. The van der Waals surface area contributed by atoms with Crippen molar-refractivity contribution >= 4 is 17.5 Å². The minimum atomic E-state index is -0.571.